The Kier molecular flexibility index (Phi) is 6.73. The number of amides is 1. The largest absolute Gasteiger partial charge is 0.323 e. The summed E-state index contributed by atoms with van der Waals surface area (Å²) in [5.74, 6) is -0.823. The first kappa shape index (κ1) is 22.2. The Hall–Kier alpha value is -2.51. The number of nitrogens with one attached hydrogen (secondary N) is 1. The van der Waals surface area contributed by atoms with Crippen molar-refractivity contribution in [2.24, 2.45) is 0 Å². The van der Waals surface area contributed by atoms with Crippen molar-refractivity contribution in [2.45, 2.75) is 17.9 Å². The lowest BCUT2D eigenvalue weighted by Crippen LogP contribution is -2.54. The van der Waals surface area contributed by atoms with Gasteiger partial charge < -0.3 is 5.32 Å². The first-order valence-electron chi connectivity index (χ1n) is 9.23. The van der Waals surface area contributed by atoms with Gasteiger partial charge >= 0.3 is 0 Å². The van der Waals surface area contributed by atoms with Crippen LogP contribution in [-0.4, -0.2) is 55.8 Å². The highest BCUT2D eigenvalue weighted by Gasteiger charge is 2.33. The fourth-order valence-corrected chi connectivity index (χ4v) is 5.03. The van der Waals surface area contributed by atoms with Crippen molar-refractivity contribution in [3.8, 4) is 6.07 Å². The zero-order valence-corrected chi connectivity index (χ0v) is 17.8. The molecule has 2 aromatic rings. The topological polar surface area (TPSA) is 93.5 Å². The molecule has 0 aliphatic carbocycles. The van der Waals surface area contributed by atoms with Crippen LogP contribution in [0.2, 0.25) is 5.02 Å². The van der Waals surface area contributed by atoms with E-state index in [2.05, 4.69) is 5.32 Å². The minimum Gasteiger partial charge on any atom is -0.323 e. The monoisotopic (exact) mass is 450 g/mol. The van der Waals surface area contributed by atoms with Crippen LogP contribution in [0, 0.1) is 17.1 Å². The molecule has 1 unspecified atom stereocenters. The number of rotatable bonds is 5. The lowest BCUT2D eigenvalue weighted by molar-refractivity contribution is -0.121. The predicted molar refractivity (Wildman–Crippen MR) is 111 cm³/mol. The molecule has 1 fully saturated rings. The number of nitrogens with zero attached hydrogens (tertiary/aromatic N) is 3. The summed E-state index contributed by atoms with van der Waals surface area (Å²) in [6.45, 7) is 2.79. The van der Waals surface area contributed by atoms with Crippen molar-refractivity contribution < 1.29 is 17.6 Å². The molecular formula is C20H20ClFN4O3S. The third-order valence-electron chi connectivity index (χ3n) is 5.01. The van der Waals surface area contributed by atoms with Gasteiger partial charge in [-0.2, -0.15) is 9.57 Å². The zero-order valence-electron chi connectivity index (χ0n) is 16.2. The average molecular weight is 451 g/mol. The molecule has 1 aliphatic rings. The van der Waals surface area contributed by atoms with Gasteiger partial charge in [-0.1, -0.05) is 23.7 Å². The Morgan fingerprint density at radius 1 is 1.20 bits per heavy atom. The lowest BCUT2D eigenvalue weighted by Gasteiger charge is -2.36. The Morgan fingerprint density at radius 2 is 1.87 bits per heavy atom. The molecular weight excluding hydrogens is 431 g/mol. The maximum atomic E-state index is 13.2. The van der Waals surface area contributed by atoms with Crippen LogP contribution in [0.1, 0.15) is 12.5 Å². The Balaban J connectivity index is 1.64. The molecule has 0 bridgehead atoms. The second kappa shape index (κ2) is 9.10. The molecule has 30 heavy (non-hydrogen) atoms. The van der Waals surface area contributed by atoms with Gasteiger partial charge in [0.05, 0.1) is 27.2 Å². The van der Waals surface area contributed by atoms with Gasteiger partial charge in [0, 0.05) is 26.2 Å². The summed E-state index contributed by atoms with van der Waals surface area (Å²) >= 11 is 5.95. The van der Waals surface area contributed by atoms with E-state index >= 15 is 0 Å². The van der Waals surface area contributed by atoms with Crippen LogP contribution >= 0.6 is 11.6 Å². The van der Waals surface area contributed by atoms with Crippen molar-refractivity contribution in [3.63, 3.8) is 0 Å². The van der Waals surface area contributed by atoms with Crippen molar-refractivity contribution in [2.75, 3.05) is 31.5 Å². The highest BCUT2D eigenvalue weighted by molar-refractivity contribution is 7.89. The molecule has 1 amide bonds. The molecule has 1 heterocycles. The summed E-state index contributed by atoms with van der Waals surface area (Å²) in [6, 6.07) is 11.2. The molecule has 7 nitrogen and oxygen atoms in total. The third-order valence-corrected chi connectivity index (χ3v) is 7.28. The van der Waals surface area contributed by atoms with Gasteiger partial charge in [0.2, 0.25) is 15.9 Å². The van der Waals surface area contributed by atoms with E-state index in [1.54, 1.807) is 19.1 Å². The molecule has 1 atom stereocenters. The first-order chi connectivity index (χ1) is 14.2. The second-order valence-corrected chi connectivity index (χ2v) is 9.15. The van der Waals surface area contributed by atoms with Gasteiger partial charge in [-0.05, 0) is 37.3 Å². The number of halogens is 2. The molecule has 10 heteroatoms. The molecule has 0 radical (unpaired) electrons. The van der Waals surface area contributed by atoms with Gasteiger partial charge in [-0.25, -0.2) is 12.8 Å². The van der Waals surface area contributed by atoms with E-state index in [1.165, 1.54) is 28.6 Å². The summed E-state index contributed by atoms with van der Waals surface area (Å²) in [4.78, 5) is 14.4. The molecule has 0 spiro atoms. The number of nitriles is 1. The number of carbonyl (C=O) groups excluding carboxylic acids is 1. The molecule has 3 rings (SSSR count). The molecule has 1 N–H and O–H groups in total. The zero-order chi connectivity index (χ0) is 21.9. The summed E-state index contributed by atoms with van der Waals surface area (Å²) in [6.07, 6.45) is 0. The fraction of sp³-hybridized carbons (Fsp3) is 0.300. The number of piperazine rings is 1. The molecule has 2 aromatic carbocycles. The lowest BCUT2D eigenvalue weighted by atomic mass is 10.2. The van der Waals surface area contributed by atoms with E-state index in [0.717, 1.165) is 6.07 Å². The quantitative estimate of drug-likeness (QED) is 0.755. The highest BCUT2D eigenvalue weighted by Crippen LogP contribution is 2.24. The number of hydrogen-bond acceptors (Lipinski definition) is 5. The van der Waals surface area contributed by atoms with Crippen molar-refractivity contribution in [3.05, 3.63) is 58.9 Å². The van der Waals surface area contributed by atoms with Crippen molar-refractivity contribution >= 4 is 33.2 Å². The molecule has 0 aromatic heterocycles. The number of carbonyl (C=O) groups is 1. The smallest absolute Gasteiger partial charge is 0.244 e. The summed E-state index contributed by atoms with van der Waals surface area (Å²) in [7, 11) is -3.80. The van der Waals surface area contributed by atoms with E-state index in [0.29, 0.717) is 18.8 Å². The third kappa shape index (κ3) is 4.63. The summed E-state index contributed by atoms with van der Waals surface area (Å²) in [5, 5.41) is 12.0. The summed E-state index contributed by atoms with van der Waals surface area (Å²) in [5.41, 5.74) is 0.410. The van der Waals surface area contributed by atoms with Gasteiger partial charge in [-0.3, -0.25) is 9.69 Å². The van der Waals surface area contributed by atoms with Gasteiger partial charge in [-0.15, -0.1) is 0 Å². The Labute approximate surface area is 179 Å². The maximum absolute atomic E-state index is 13.2. The molecule has 0 saturated carbocycles. The highest BCUT2D eigenvalue weighted by atomic mass is 35.5. The number of hydrogen-bond donors (Lipinski definition) is 1. The Morgan fingerprint density at radius 3 is 2.50 bits per heavy atom. The standard InChI is InChI=1S/C20H20ClFN4O3S/c1-14(20(27)24-18-7-6-16(22)12-17(18)21)25-8-10-26(11-9-25)30(28,29)19-5-3-2-4-15(19)13-23/h2-7,12,14H,8-11H2,1H3,(H,24,27). The normalized spacial score (nSPS) is 16.6. The average Bonchev–Trinajstić information content (AvgIpc) is 2.75. The van der Waals surface area contributed by atoms with E-state index in [4.69, 9.17) is 11.6 Å². The molecule has 1 aliphatic heterocycles. The SMILES string of the molecule is CC(C(=O)Nc1ccc(F)cc1Cl)N1CCN(S(=O)(=O)c2ccccc2C#N)CC1. The van der Waals surface area contributed by atoms with Crippen LogP contribution in [0.5, 0.6) is 0 Å². The van der Waals surface area contributed by atoms with E-state index in [-0.39, 0.29) is 34.5 Å². The van der Waals surface area contributed by atoms with Crippen LogP contribution in [0.3, 0.4) is 0 Å². The van der Waals surface area contributed by atoms with E-state index in [9.17, 15) is 22.9 Å². The van der Waals surface area contributed by atoms with Gasteiger partial charge in [0.15, 0.2) is 0 Å². The second-order valence-electron chi connectivity index (χ2n) is 6.84. The van der Waals surface area contributed by atoms with E-state index in [1.807, 2.05) is 11.0 Å². The number of anilines is 1. The van der Waals surface area contributed by atoms with Gasteiger partial charge in [0.25, 0.3) is 0 Å². The van der Waals surface area contributed by atoms with Crippen LogP contribution in [0.25, 0.3) is 0 Å². The first-order valence-corrected chi connectivity index (χ1v) is 11.0. The minimum atomic E-state index is -3.80. The fourth-order valence-electron chi connectivity index (χ4n) is 3.25. The molecule has 1 saturated heterocycles. The number of sulfonamides is 1. The summed E-state index contributed by atoms with van der Waals surface area (Å²) < 4.78 is 40.3. The van der Waals surface area contributed by atoms with Crippen LogP contribution < -0.4 is 5.32 Å². The van der Waals surface area contributed by atoms with Crippen LogP contribution in [0.4, 0.5) is 10.1 Å². The number of benzene rings is 2. The van der Waals surface area contributed by atoms with Crippen molar-refractivity contribution in [1.82, 2.24) is 9.21 Å². The molecule has 158 valence electrons. The Bertz CT molecular complexity index is 1100. The minimum absolute atomic E-state index is 0.0160. The van der Waals surface area contributed by atoms with Crippen molar-refractivity contribution in [1.29, 1.82) is 5.26 Å². The van der Waals surface area contributed by atoms with Gasteiger partial charge in [0.1, 0.15) is 11.9 Å². The van der Waals surface area contributed by atoms with Crippen LogP contribution in [0.15, 0.2) is 47.4 Å². The van der Waals surface area contributed by atoms with E-state index < -0.39 is 21.9 Å². The van der Waals surface area contributed by atoms with Crippen LogP contribution in [-0.2, 0) is 14.8 Å². The predicted octanol–water partition coefficient (Wildman–Crippen LogP) is 2.68. The maximum Gasteiger partial charge on any atom is 0.244 e.